The minimum Gasteiger partial charge on any atom is -0.493 e. The van der Waals surface area contributed by atoms with E-state index < -0.39 is 23.4 Å². The van der Waals surface area contributed by atoms with Gasteiger partial charge in [0, 0.05) is 49.3 Å². The number of benzene rings is 1. The van der Waals surface area contributed by atoms with Crippen LogP contribution in [0.4, 0.5) is 25.0 Å². The fourth-order valence-corrected chi connectivity index (χ4v) is 3.97. The molecular formula is C24H25F2N7O4. The number of allylic oxidation sites excluding steroid dienone is 1. The third-order valence-corrected chi connectivity index (χ3v) is 5.69. The number of ether oxygens (including phenoxy) is 2. The fourth-order valence-electron chi connectivity index (χ4n) is 3.97. The van der Waals surface area contributed by atoms with E-state index in [1.807, 2.05) is 0 Å². The van der Waals surface area contributed by atoms with Crippen LogP contribution in [-0.4, -0.2) is 48.2 Å². The van der Waals surface area contributed by atoms with Crippen LogP contribution < -0.4 is 24.6 Å². The monoisotopic (exact) mass is 513 g/mol. The lowest BCUT2D eigenvalue weighted by atomic mass is 10.0. The highest BCUT2D eigenvalue weighted by molar-refractivity contribution is 6.20. The van der Waals surface area contributed by atoms with Gasteiger partial charge in [-0.15, -0.1) is 10.2 Å². The molecule has 11 nitrogen and oxygen atoms in total. The van der Waals surface area contributed by atoms with E-state index >= 15 is 8.78 Å². The lowest BCUT2D eigenvalue weighted by Gasteiger charge is -2.37. The van der Waals surface area contributed by atoms with Crippen LogP contribution in [0.2, 0.25) is 0 Å². The molecule has 0 fully saturated rings. The molecule has 4 rings (SSSR count). The maximum atomic E-state index is 15.4. The van der Waals surface area contributed by atoms with Crippen molar-refractivity contribution in [2.45, 2.75) is 26.9 Å². The fraction of sp³-hybridized carbons (Fsp3) is 0.292. The molecule has 1 aliphatic heterocycles. The van der Waals surface area contributed by atoms with E-state index in [2.05, 4.69) is 20.5 Å². The van der Waals surface area contributed by atoms with Crippen molar-refractivity contribution in [3.8, 4) is 11.5 Å². The quantitative estimate of drug-likeness (QED) is 0.435. The minimum absolute atomic E-state index is 0.121. The number of aromatic nitrogens is 3. The van der Waals surface area contributed by atoms with E-state index in [1.54, 1.807) is 33.2 Å². The number of hydrogen-bond donors (Lipinski definition) is 2. The molecule has 2 amide bonds. The first kappa shape index (κ1) is 25.5. The summed E-state index contributed by atoms with van der Waals surface area (Å²) in [6, 6.07) is 1.95. The summed E-state index contributed by atoms with van der Waals surface area (Å²) >= 11 is 0. The number of anilines is 2. The molecule has 1 aromatic carbocycles. The smallest absolute Gasteiger partial charge is 0.329 e. The Balaban J connectivity index is 1.89. The van der Waals surface area contributed by atoms with Crippen LogP contribution in [0.3, 0.4) is 0 Å². The molecule has 37 heavy (non-hydrogen) atoms. The van der Waals surface area contributed by atoms with E-state index in [-0.39, 0.29) is 36.2 Å². The van der Waals surface area contributed by atoms with Crippen LogP contribution in [0, 0.1) is 24.0 Å². The Morgan fingerprint density at radius 3 is 2.43 bits per heavy atom. The number of nitrogens with zero attached hydrogens (tertiary/aromatic N) is 5. The average Bonchev–Trinajstić information content (AvgIpc) is 3.29. The maximum Gasteiger partial charge on any atom is 0.329 e. The topological polar surface area (TPSA) is 130 Å². The summed E-state index contributed by atoms with van der Waals surface area (Å²) in [5, 5.41) is 18.7. The normalized spacial score (nSPS) is 13.5. The summed E-state index contributed by atoms with van der Waals surface area (Å²) in [7, 11) is 4.15. The van der Waals surface area contributed by atoms with Crippen LogP contribution in [0.5, 0.6) is 11.5 Å². The number of carbonyl (C=O) groups excluding carboxylic acids is 1. The van der Waals surface area contributed by atoms with Crippen molar-refractivity contribution >= 4 is 28.7 Å². The van der Waals surface area contributed by atoms with E-state index in [0.29, 0.717) is 28.4 Å². The zero-order chi connectivity index (χ0) is 26.9. The van der Waals surface area contributed by atoms with Crippen LogP contribution in [0.1, 0.15) is 30.0 Å². The number of urea groups is 1. The predicted molar refractivity (Wildman–Crippen MR) is 131 cm³/mol. The van der Waals surface area contributed by atoms with Gasteiger partial charge in [0.05, 0.1) is 32.1 Å². The van der Waals surface area contributed by atoms with Crippen molar-refractivity contribution in [3.05, 3.63) is 59.2 Å². The molecule has 0 saturated carbocycles. The third kappa shape index (κ3) is 4.67. The highest BCUT2D eigenvalue weighted by Crippen LogP contribution is 2.41. The van der Waals surface area contributed by atoms with Crippen molar-refractivity contribution in [3.63, 3.8) is 0 Å². The molecule has 0 spiro atoms. The van der Waals surface area contributed by atoms with Crippen molar-refractivity contribution < 1.29 is 27.5 Å². The molecule has 2 N–H and O–H groups in total. The number of amides is 2. The number of carbonyl (C=O) groups is 1. The lowest BCUT2D eigenvalue weighted by Crippen LogP contribution is -2.48. The second-order valence-electron chi connectivity index (χ2n) is 8.10. The molecule has 0 bridgehead atoms. The SMILES string of the molecule is CN/C=C(\C(C)=N)c1cc2c(cn1)CN(c1c(F)c(OC)cc(OC)c1F)C(=O)N2Cc1nnc(C)o1. The summed E-state index contributed by atoms with van der Waals surface area (Å²) < 4.78 is 46.3. The number of hydrogen-bond acceptors (Lipinski definition) is 9. The van der Waals surface area contributed by atoms with E-state index in [4.69, 9.17) is 19.3 Å². The van der Waals surface area contributed by atoms with Crippen LogP contribution in [-0.2, 0) is 13.1 Å². The molecule has 1 aliphatic rings. The van der Waals surface area contributed by atoms with Gasteiger partial charge in [-0.2, -0.15) is 0 Å². The predicted octanol–water partition coefficient (Wildman–Crippen LogP) is 3.82. The molecule has 0 radical (unpaired) electrons. The zero-order valence-corrected chi connectivity index (χ0v) is 20.8. The standard InChI is InChI=1S/C24H25F2N7O4/c1-12(27)15(9-28-3)16-6-17-14(8-29-16)10-33(24(34)32(17)11-20-31-30-13(2)37-20)23-21(25)18(35-4)7-19(36-5)22(23)26/h6-9,27-28H,10-11H2,1-5H3/b15-9+,27-12?. The van der Waals surface area contributed by atoms with Gasteiger partial charge in [0.1, 0.15) is 12.2 Å². The number of methoxy groups -OCH3 is 2. The van der Waals surface area contributed by atoms with E-state index in [9.17, 15) is 4.79 Å². The van der Waals surface area contributed by atoms with Crippen LogP contribution in [0.25, 0.3) is 5.57 Å². The summed E-state index contributed by atoms with van der Waals surface area (Å²) in [6.07, 6.45) is 3.11. The first-order valence-corrected chi connectivity index (χ1v) is 11.1. The molecule has 3 aromatic rings. The Morgan fingerprint density at radius 1 is 1.22 bits per heavy atom. The highest BCUT2D eigenvalue weighted by atomic mass is 19.1. The van der Waals surface area contributed by atoms with Gasteiger partial charge < -0.3 is 24.6 Å². The number of aryl methyl sites for hydroxylation is 1. The molecule has 194 valence electrons. The summed E-state index contributed by atoms with van der Waals surface area (Å²) in [4.78, 5) is 20.4. The molecule has 2 aromatic heterocycles. The summed E-state index contributed by atoms with van der Waals surface area (Å²) in [5.74, 6) is -2.29. The van der Waals surface area contributed by atoms with Crippen molar-refractivity contribution in [2.24, 2.45) is 0 Å². The minimum atomic E-state index is -1.06. The Kier molecular flexibility index (Phi) is 7.05. The highest BCUT2D eigenvalue weighted by Gasteiger charge is 2.37. The van der Waals surface area contributed by atoms with Gasteiger partial charge in [-0.05, 0) is 13.0 Å². The summed E-state index contributed by atoms with van der Waals surface area (Å²) in [5.41, 5.74) is 1.45. The Labute approximate surface area is 211 Å². The van der Waals surface area contributed by atoms with Gasteiger partial charge in [0.25, 0.3) is 0 Å². The number of rotatable bonds is 8. The lowest BCUT2D eigenvalue weighted by molar-refractivity contribution is 0.248. The first-order valence-electron chi connectivity index (χ1n) is 11.1. The first-order chi connectivity index (χ1) is 17.7. The molecule has 0 unspecified atom stereocenters. The van der Waals surface area contributed by atoms with E-state index in [0.717, 1.165) is 11.0 Å². The number of nitrogens with one attached hydrogen (secondary N) is 2. The Bertz CT molecular complexity index is 1380. The van der Waals surface area contributed by atoms with Crippen LogP contribution >= 0.6 is 0 Å². The molecule has 3 heterocycles. The number of pyridine rings is 1. The van der Waals surface area contributed by atoms with E-state index in [1.165, 1.54) is 25.3 Å². The van der Waals surface area contributed by atoms with Crippen molar-refractivity contribution in [1.82, 2.24) is 20.5 Å². The van der Waals surface area contributed by atoms with Crippen molar-refractivity contribution in [1.29, 1.82) is 5.41 Å². The third-order valence-electron chi connectivity index (χ3n) is 5.69. The van der Waals surface area contributed by atoms with Gasteiger partial charge in [-0.1, -0.05) is 0 Å². The van der Waals surface area contributed by atoms with Gasteiger partial charge in [-0.25, -0.2) is 13.6 Å². The average molecular weight is 514 g/mol. The Hall–Kier alpha value is -4.55. The van der Waals surface area contributed by atoms with Gasteiger partial charge >= 0.3 is 6.03 Å². The number of halogens is 2. The second-order valence-corrected chi connectivity index (χ2v) is 8.10. The van der Waals surface area contributed by atoms with Crippen molar-refractivity contribution in [2.75, 3.05) is 31.1 Å². The molecule has 0 saturated heterocycles. The summed E-state index contributed by atoms with van der Waals surface area (Å²) in [6.45, 7) is 2.84. The second kappa shape index (κ2) is 10.2. The van der Waals surface area contributed by atoms with Gasteiger partial charge in [-0.3, -0.25) is 14.8 Å². The van der Waals surface area contributed by atoms with Gasteiger partial charge in [0.2, 0.25) is 11.8 Å². The van der Waals surface area contributed by atoms with Gasteiger partial charge in [0.15, 0.2) is 23.1 Å². The number of fused-ring (bicyclic) bond motifs is 1. The largest absolute Gasteiger partial charge is 0.493 e. The molecule has 13 heteroatoms. The zero-order valence-electron chi connectivity index (χ0n) is 20.8. The van der Waals surface area contributed by atoms with Crippen LogP contribution in [0.15, 0.2) is 28.9 Å². The molecular weight excluding hydrogens is 488 g/mol. The maximum absolute atomic E-state index is 15.4. The molecule has 0 aliphatic carbocycles. The molecule has 0 atom stereocenters. The Morgan fingerprint density at radius 2 is 1.89 bits per heavy atom.